The third-order valence-electron chi connectivity index (χ3n) is 2.83. The minimum absolute atomic E-state index is 0.306. The zero-order valence-corrected chi connectivity index (χ0v) is 12.7. The summed E-state index contributed by atoms with van der Waals surface area (Å²) < 4.78 is 33.5. The standard InChI is InChI=1S/C13H15ClN2O4S/c14-12-3-4-13(11(10-12)2-1-7-17)15-21(18,19)16-5-8-20-9-6-16/h3-4,10,15,17H,5-9H2. The van der Waals surface area contributed by atoms with E-state index >= 15 is 0 Å². The maximum absolute atomic E-state index is 12.3. The quantitative estimate of drug-likeness (QED) is 0.799. The van der Waals surface area contributed by atoms with E-state index in [1.807, 2.05) is 0 Å². The van der Waals surface area contributed by atoms with E-state index < -0.39 is 10.2 Å². The van der Waals surface area contributed by atoms with Crippen molar-refractivity contribution in [2.75, 3.05) is 37.6 Å². The van der Waals surface area contributed by atoms with Crippen LogP contribution < -0.4 is 4.72 Å². The zero-order valence-electron chi connectivity index (χ0n) is 11.2. The topological polar surface area (TPSA) is 78.9 Å². The molecule has 21 heavy (non-hydrogen) atoms. The molecule has 1 saturated heterocycles. The van der Waals surface area contributed by atoms with E-state index in [1.54, 1.807) is 18.2 Å². The number of aliphatic hydroxyl groups excluding tert-OH is 1. The molecule has 1 aromatic rings. The molecule has 0 aliphatic carbocycles. The second kappa shape index (κ2) is 7.11. The molecule has 0 unspecified atom stereocenters. The second-order valence-corrected chi connectivity index (χ2v) is 6.38. The first-order valence-electron chi connectivity index (χ1n) is 6.28. The maximum atomic E-state index is 12.3. The molecule has 0 aromatic heterocycles. The number of anilines is 1. The van der Waals surface area contributed by atoms with Crippen LogP contribution in [0.15, 0.2) is 18.2 Å². The molecule has 0 amide bonds. The number of rotatable bonds is 3. The first-order chi connectivity index (χ1) is 10.0. The fourth-order valence-electron chi connectivity index (χ4n) is 1.83. The summed E-state index contributed by atoms with van der Waals surface area (Å²) in [5.41, 5.74) is 0.736. The van der Waals surface area contributed by atoms with E-state index in [-0.39, 0.29) is 6.61 Å². The average molecular weight is 331 g/mol. The minimum atomic E-state index is -3.67. The predicted molar refractivity (Wildman–Crippen MR) is 80.4 cm³/mol. The molecule has 1 fully saturated rings. The lowest BCUT2D eigenvalue weighted by molar-refractivity contribution is 0.0733. The van der Waals surface area contributed by atoms with Gasteiger partial charge in [-0.3, -0.25) is 4.72 Å². The molecule has 0 bridgehead atoms. The van der Waals surface area contributed by atoms with Gasteiger partial charge >= 0.3 is 10.2 Å². The van der Waals surface area contributed by atoms with Crippen molar-refractivity contribution < 1.29 is 18.3 Å². The maximum Gasteiger partial charge on any atom is 0.301 e. The Bertz CT molecular complexity index is 660. The van der Waals surface area contributed by atoms with Gasteiger partial charge in [-0.25, -0.2) is 0 Å². The lowest BCUT2D eigenvalue weighted by Crippen LogP contribution is -2.43. The van der Waals surface area contributed by atoms with Crippen molar-refractivity contribution in [3.05, 3.63) is 28.8 Å². The highest BCUT2D eigenvalue weighted by molar-refractivity contribution is 7.90. The zero-order chi connectivity index (χ0) is 15.3. The summed E-state index contributed by atoms with van der Waals surface area (Å²) in [4.78, 5) is 0. The Morgan fingerprint density at radius 1 is 1.38 bits per heavy atom. The summed E-state index contributed by atoms with van der Waals surface area (Å²) in [5, 5.41) is 9.19. The Morgan fingerprint density at radius 2 is 2.10 bits per heavy atom. The Morgan fingerprint density at radius 3 is 2.76 bits per heavy atom. The van der Waals surface area contributed by atoms with Crippen molar-refractivity contribution in [1.82, 2.24) is 4.31 Å². The van der Waals surface area contributed by atoms with Crippen molar-refractivity contribution in [1.29, 1.82) is 0 Å². The molecule has 8 heteroatoms. The van der Waals surface area contributed by atoms with Crippen molar-refractivity contribution >= 4 is 27.5 Å². The van der Waals surface area contributed by atoms with E-state index in [4.69, 9.17) is 21.4 Å². The van der Waals surface area contributed by atoms with E-state index in [2.05, 4.69) is 16.6 Å². The number of benzene rings is 1. The van der Waals surface area contributed by atoms with Crippen LogP contribution in [0.25, 0.3) is 0 Å². The van der Waals surface area contributed by atoms with Crippen LogP contribution in [-0.2, 0) is 14.9 Å². The van der Waals surface area contributed by atoms with Crippen LogP contribution in [0, 0.1) is 11.8 Å². The van der Waals surface area contributed by atoms with Crippen LogP contribution >= 0.6 is 11.6 Å². The SMILES string of the molecule is O=S(=O)(Nc1ccc(Cl)cc1C#CCO)N1CCOCC1. The fourth-order valence-corrected chi connectivity index (χ4v) is 3.22. The van der Waals surface area contributed by atoms with Crippen molar-refractivity contribution in [2.24, 2.45) is 0 Å². The number of hydrogen-bond acceptors (Lipinski definition) is 4. The monoisotopic (exact) mass is 330 g/mol. The van der Waals surface area contributed by atoms with E-state index in [0.717, 1.165) is 0 Å². The van der Waals surface area contributed by atoms with Crippen LogP contribution in [0.3, 0.4) is 0 Å². The highest BCUT2D eigenvalue weighted by Gasteiger charge is 2.24. The van der Waals surface area contributed by atoms with Crippen LogP contribution in [-0.4, -0.2) is 50.7 Å². The van der Waals surface area contributed by atoms with Gasteiger partial charge in [0.1, 0.15) is 6.61 Å². The van der Waals surface area contributed by atoms with E-state index in [1.165, 1.54) is 4.31 Å². The van der Waals surface area contributed by atoms with Gasteiger partial charge in [0.05, 0.1) is 24.5 Å². The summed E-state index contributed by atoms with van der Waals surface area (Å²) >= 11 is 5.88. The summed E-state index contributed by atoms with van der Waals surface area (Å²) in [6.45, 7) is 1.04. The number of halogens is 1. The summed E-state index contributed by atoms with van der Waals surface area (Å²) in [7, 11) is -3.67. The molecule has 0 spiro atoms. The number of nitrogens with zero attached hydrogens (tertiary/aromatic N) is 1. The fraction of sp³-hybridized carbons (Fsp3) is 0.385. The Balaban J connectivity index is 2.25. The molecule has 0 atom stereocenters. The number of ether oxygens (including phenoxy) is 1. The molecule has 1 aliphatic heterocycles. The lowest BCUT2D eigenvalue weighted by atomic mass is 10.2. The van der Waals surface area contributed by atoms with Crippen LogP contribution in [0.4, 0.5) is 5.69 Å². The number of aliphatic hydroxyl groups is 1. The van der Waals surface area contributed by atoms with Gasteiger partial charge in [-0.15, -0.1) is 0 Å². The second-order valence-electron chi connectivity index (χ2n) is 4.27. The van der Waals surface area contributed by atoms with Crippen molar-refractivity contribution in [3.8, 4) is 11.8 Å². The molecular formula is C13H15ClN2O4S. The molecule has 1 aliphatic rings. The molecule has 1 aromatic carbocycles. The summed E-state index contributed by atoms with van der Waals surface area (Å²) in [5.74, 6) is 5.15. The highest BCUT2D eigenvalue weighted by Crippen LogP contribution is 2.22. The molecule has 2 rings (SSSR count). The van der Waals surface area contributed by atoms with Crippen LogP contribution in [0.2, 0.25) is 5.02 Å². The largest absolute Gasteiger partial charge is 0.384 e. The molecule has 114 valence electrons. The molecular weight excluding hydrogens is 316 g/mol. The Kier molecular flexibility index (Phi) is 5.45. The number of nitrogens with one attached hydrogen (secondary N) is 1. The smallest absolute Gasteiger partial charge is 0.301 e. The molecule has 0 saturated carbocycles. The van der Waals surface area contributed by atoms with Gasteiger partial charge in [-0.2, -0.15) is 12.7 Å². The van der Waals surface area contributed by atoms with Crippen LogP contribution in [0.1, 0.15) is 5.56 Å². The normalized spacial score (nSPS) is 16.1. The number of morpholine rings is 1. The van der Waals surface area contributed by atoms with Gasteiger partial charge in [-0.1, -0.05) is 23.4 Å². The van der Waals surface area contributed by atoms with Gasteiger partial charge in [0, 0.05) is 18.1 Å². The molecule has 2 N–H and O–H groups in total. The summed E-state index contributed by atoms with van der Waals surface area (Å²) in [6.07, 6.45) is 0. The van der Waals surface area contributed by atoms with Crippen molar-refractivity contribution in [2.45, 2.75) is 0 Å². The first kappa shape index (κ1) is 16.1. The van der Waals surface area contributed by atoms with Gasteiger partial charge in [-0.05, 0) is 18.2 Å². The minimum Gasteiger partial charge on any atom is -0.384 e. The molecule has 6 nitrogen and oxygen atoms in total. The molecule has 0 radical (unpaired) electrons. The lowest BCUT2D eigenvalue weighted by Gasteiger charge is -2.26. The van der Waals surface area contributed by atoms with Gasteiger partial charge in [0.2, 0.25) is 0 Å². The van der Waals surface area contributed by atoms with Gasteiger partial charge in [0.15, 0.2) is 0 Å². The van der Waals surface area contributed by atoms with E-state index in [0.29, 0.717) is 42.6 Å². The van der Waals surface area contributed by atoms with Crippen molar-refractivity contribution in [3.63, 3.8) is 0 Å². The third-order valence-corrected chi connectivity index (χ3v) is 4.59. The average Bonchev–Trinajstić information content (AvgIpc) is 2.48. The molecule has 1 heterocycles. The third kappa shape index (κ3) is 4.33. The highest BCUT2D eigenvalue weighted by atomic mass is 35.5. The van der Waals surface area contributed by atoms with E-state index in [9.17, 15) is 8.42 Å². The van der Waals surface area contributed by atoms with Gasteiger partial charge < -0.3 is 9.84 Å². The summed E-state index contributed by atoms with van der Waals surface area (Å²) in [6, 6.07) is 4.66. The van der Waals surface area contributed by atoms with Crippen LogP contribution in [0.5, 0.6) is 0 Å². The Labute approximate surface area is 128 Å². The predicted octanol–water partition coefficient (Wildman–Crippen LogP) is 0.673. The number of hydrogen-bond donors (Lipinski definition) is 2. The Hall–Kier alpha value is -1.30. The van der Waals surface area contributed by atoms with Gasteiger partial charge in [0.25, 0.3) is 0 Å². The first-order valence-corrected chi connectivity index (χ1v) is 8.09.